The normalized spacial score (nSPS) is 18.8. The van der Waals surface area contributed by atoms with Crippen LogP contribution in [0, 0.1) is 5.92 Å². The van der Waals surface area contributed by atoms with Gasteiger partial charge >= 0.3 is 0 Å². The Morgan fingerprint density at radius 2 is 2.40 bits per heavy atom. The summed E-state index contributed by atoms with van der Waals surface area (Å²) in [4.78, 5) is 0. The van der Waals surface area contributed by atoms with E-state index in [-0.39, 0.29) is 6.10 Å². The molecule has 0 aromatic carbocycles. The molecule has 1 aromatic rings. The molecule has 4 heteroatoms. The third kappa shape index (κ3) is 2.37. The summed E-state index contributed by atoms with van der Waals surface area (Å²) >= 11 is 0. The molecule has 1 aromatic heterocycles. The van der Waals surface area contributed by atoms with Gasteiger partial charge in [-0.3, -0.25) is 0 Å². The van der Waals surface area contributed by atoms with Crippen molar-refractivity contribution in [2.75, 3.05) is 0 Å². The van der Waals surface area contributed by atoms with Gasteiger partial charge in [0, 0.05) is 6.54 Å². The van der Waals surface area contributed by atoms with Gasteiger partial charge in [-0.05, 0) is 18.8 Å². The van der Waals surface area contributed by atoms with Gasteiger partial charge in [0.1, 0.15) is 0 Å². The van der Waals surface area contributed by atoms with Crippen LogP contribution in [0.15, 0.2) is 6.20 Å². The van der Waals surface area contributed by atoms with Gasteiger partial charge in [-0.25, -0.2) is 4.68 Å². The third-order valence-electron chi connectivity index (χ3n) is 3.21. The summed E-state index contributed by atoms with van der Waals surface area (Å²) in [5.74, 6) is 0.713. The molecule has 84 valence electrons. The molecule has 1 aliphatic rings. The predicted molar refractivity (Wildman–Crippen MR) is 57.2 cm³/mol. The van der Waals surface area contributed by atoms with Gasteiger partial charge in [0.25, 0.3) is 0 Å². The van der Waals surface area contributed by atoms with Gasteiger partial charge in [-0.15, -0.1) is 5.10 Å². The molecule has 1 heterocycles. The Hall–Kier alpha value is -0.900. The Morgan fingerprint density at radius 3 is 3.00 bits per heavy atom. The highest BCUT2D eigenvalue weighted by Gasteiger charge is 2.23. The maximum atomic E-state index is 10.1. The molecular formula is C11H19N3O. The average Bonchev–Trinajstić information content (AvgIpc) is 2.60. The first kappa shape index (κ1) is 10.6. The van der Waals surface area contributed by atoms with Crippen molar-refractivity contribution in [2.45, 2.75) is 51.7 Å². The SMILES string of the molecule is CCCn1nncc1C(O)CC1CCC1. The van der Waals surface area contributed by atoms with Gasteiger partial charge in [0.15, 0.2) is 0 Å². The quantitative estimate of drug-likeness (QED) is 0.806. The maximum absolute atomic E-state index is 10.1. The van der Waals surface area contributed by atoms with Crippen LogP contribution in [0.2, 0.25) is 0 Å². The van der Waals surface area contributed by atoms with E-state index in [2.05, 4.69) is 17.2 Å². The summed E-state index contributed by atoms with van der Waals surface area (Å²) in [5.41, 5.74) is 0.878. The second-order valence-electron chi connectivity index (χ2n) is 4.43. The number of aliphatic hydroxyl groups is 1. The van der Waals surface area contributed by atoms with Crippen molar-refractivity contribution in [3.8, 4) is 0 Å². The average molecular weight is 209 g/mol. The minimum Gasteiger partial charge on any atom is -0.387 e. The number of hydrogen-bond acceptors (Lipinski definition) is 3. The molecule has 1 saturated carbocycles. The molecule has 1 aliphatic carbocycles. The van der Waals surface area contributed by atoms with E-state index in [1.165, 1.54) is 19.3 Å². The first-order valence-corrected chi connectivity index (χ1v) is 5.87. The molecule has 4 nitrogen and oxygen atoms in total. The molecule has 0 radical (unpaired) electrons. The molecule has 0 saturated heterocycles. The summed E-state index contributed by atoms with van der Waals surface area (Å²) in [6, 6.07) is 0. The van der Waals surface area contributed by atoms with Gasteiger partial charge in [0.05, 0.1) is 18.0 Å². The highest BCUT2D eigenvalue weighted by atomic mass is 16.3. The highest BCUT2D eigenvalue weighted by molar-refractivity contribution is 4.99. The molecule has 2 rings (SSSR count). The Labute approximate surface area is 90.3 Å². The van der Waals surface area contributed by atoms with E-state index in [9.17, 15) is 5.11 Å². The summed E-state index contributed by atoms with van der Waals surface area (Å²) < 4.78 is 1.82. The van der Waals surface area contributed by atoms with Gasteiger partial charge in [-0.1, -0.05) is 31.4 Å². The summed E-state index contributed by atoms with van der Waals surface area (Å²) in [6.45, 7) is 2.95. The fourth-order valence-corrected chi connectivity index (χ4v) is 2.07. The molecule has 1 atom stereocenters. The summed E-state index contributed by atoms with van der Waals surface area (Å²) in [6.07, 6.45) is 7.07. The number of nitrogens with zero attached hydrogens (tertiary/aromatic N) is 3. The van der Waals surface area contributed by atoms with Crippen LogP contribution in [0.3, 0.4) is 0 Å². The lowest BCUT2D eigenvalue weighted by molar-refractivity contribution is 0.110. The Bertz CT molecular complexity index is 307. The van der Waals surface area contributed by atoms with Crippen LogP contribution >= 0.6 is 0 Å². The second kappa shape index (κ2) is 4.75. The standard InChI is InChI=1S/C11H19N3O/c1-2-6-14-10(8-12-13-14)11(15)7-9-4-3-5-9/h8-9,11,15H,2-7H2,1H3. The first-order chi connectivity index (χ1) is 7.31. The minimum atomic E-state index is -0.378. The fourth-order valence-electron chi connectivity index (χ4n) is 2.07. The van der Waals surface area contributed by atoms with Crippen molar-refractivity contribution in [3.05, 3.63) is 11.9 Å². The van der Waals surface area contributed by atoms with Gasteiger partial charge in [0.2, 0.25) is 0 Å². The van der Waals surface area contributed by atoms with Crippen molar-refractivity contribution in [3.63, 3.8) is 0 Å². The maximum Gasteiger partial charge on any atom is 0.0975 e. The van der Waals surface area contributed by atoms with Crippen LogP contribution in [0.5, 0.6) is 0 Å². The van der Waals surface area contributed by atoms with Crippen molar-refractivity contribution in [1.82, 2.24) is 15.0 Å². The summed E-state index contributed by atoms with van der Waals surface area (Å²) in [7, 11) is 0. The third-order valence-corrected chi connectivity index (χ3v) is 3.21. The fraction of sp³-hybridized carbons (Fsp3) is 0.818. The van der Waals surface area contributed by atoms with E-state index >= 15 is 0 Å². The molecule has 0 spiro atoms. The number of aliphatic hydroxyl groups excluding tert-OH is 1. The molecule has 0 amide bonds. The minimum absolute atomic E-state index is 0.378. The van der Waals surface area contributed by atoms with Crippen molar-refractivity contribution < 1.29 is 5.11 Å². The van der Waals surface area contributed by atoms with E-state index < -0.39 is 0 Å². The number of aromatic nitrogens is 3. The van der Waals surface area contributed by atoms with Crippen LogP contribution in [0.25, 0.3) is 0 Å². The lowest BCUT2D eigenvalue weighted by Crippen LogP contribution is -2.17. The predicted octanol–water partition coefficient (Wildman–Crippen LogP) is 1.91. The van der Waals surface area contributed by atoms with Crippen molar-refractivity contribution in [1.29, 1.82) is 0 Å². The lowest BCUT2D eigenvalue weighted by atomic mass is 9.81. The smallest absolute Gasteiger partial charge is 0.0975 e. The molecular weight excluding hydrogens is 190 g/mol. The zero-order chi connectivity index (χ0) is 10.7. The summed E-state index contributed by atoms with van der Waals surface area (Å²) in [5, 5.41) is 17.9. The monoisotopic (exact) mass is 209 g/mol. The van der Waals surface area contributed by atoms with E-state index in [1.807, 2.05) is 4.68 Å². The number of rotatable bonds is 5. The van der Waals surface area contributed by atoms with Crippen LogP contribution in [-0.2, 0) is 6.54 Å². The van der Waals surface area contributed by atoms with E-state index in [4.69, 9.17) is 0 Å². The van der Waals surface area contributed by atoms with Crippen LogP contribution in [0.1, 0.15) is 50.8 Å². The van der Waals surface area contributed by atoms with Gasteiger partial charge < -0.3 is 5.11 Å². The van der Waals surface area contributed by atoms with E-state index in [1.54, 1.807) is 6.20 Å². The van der Waals surface area contributed by atoms with Crippen LogP contribution < -0.4 is 0 Å². The second-order valence-corrected chi connectivity index (χ2v) is 4.43. The van der Waals surface area contributed by atoms with Crippen molar-refractivity contribution in [2.24, 2.45) is 5.92 Å². The topological polar surface area (TPSA) is 50.9 Å². The van der Waals surface area contributed by atoms with E-state index in [0.29, 0.717) is 5.92 Å². The van der Waals surface area contributed by atoms with Crippen LogP contribution in [-0.4, -0.2) is 20.1 Å². The lowest BCUT2D eigenvalue weighted by Gasteiger charge is -2.27. The molecule has 0 bridgehead atoms. The van der Waals surface area contributed by atoms with E-state index in [0.717, 1.165) is 25.1 Å². The number of aryl methyl sites for hydroxylation is 1. The highest BCUT2D eigenvalue weighted by Crippen LogP contribution is 2.34. The van der Waals surface area contributed by atoms with Crippen LogP contribution in [0.4, 0.5) is 0 Å². The van der Waals surface area contributed by atoms with Gasteiger partial charge in [-0.2, -0.15) is 0 Å². The molecule has 1 unspecified atom stereocenters. The molecule has 0 aliphatic heterocycles. The number of hydrogen-bond donors (Lipinski definition) is 1. The largest absolute Gasteiger partial charge is 0.387 e. The Kier molecular flexibility index (Phi) is 3.36. The Balaban J connectivity index is 1.96. The zero-order valence-corrected chi connectivity index (χ0v) is 9.26. The first-order valence-electron chi connectivity index (χ1n) is 5.87. The molecule has 1 fully saturated rings. The molecule has 15 heavy (non-hydrogen) atoms. The Morgan fingerprint density at radius 1 is 1.60 bits per heavy atom. The van der Waals surface area contributed by atoms with Crippen molar-refractivity contribution >= 4 is 0 Å². The zero-order valence-electron chi connectivity index (χ0n) is 9.26. The molecule has 1 N–H and O–H groups in total.